The number of hydrogen-bond donors (Lipinski definition) is 1. The number of methoxy groups -OCH3 is 1. The summed E-state index contributed by atoms with van der Waals surface area (Å²) >= 11 is 0. The summed E-state index contributed by atoms with van der Waals surface area (Å²) in [6, 6.07) is 5.43. The highest BCUT2D eigenvalue weighted by molar-refractivity contribution is 5.91. The van der Waals surface area contributed by atoms with Crippen LogP contribution in [-0.4, -0.2) is 30.4 Å². The topological polar surface area (TPSA) is 65.0 Å². The van der Waals surface area contributed by atoms with E-state index < -0.39 is 12.2 Å². The standard InChI is InChI=1S/C17H20O5/c1-20-14-7-6-11(13-8-9-21-17(19)16(13)18)10-15(14)22-12-4-2-3-5-12/h6-10,12-13,17,19H,2-5H2,1H3. The molecule has 5 heteroatoms. The monoisotopic (exact) mass is 304 g/mol. The molecule has 1 N–H and O–H groups in total. The van der Waals surface area contributed by atoms with Crippen molar-refractivity contribution < 1.29 is 24.1 Å². The van der Waals surface area contributed by atoms with Crippen molar-refractivity contribution in [2.24, 2.45) is 0 Å². The Morgan fingerprint density at radius 3 is 2.73 bits per heavy atom. The van der Waals surface area contributed by atoms with Gasteiger partial charge >= 0.3 is 0 Å². The average molecular weight is 304 g/mol. The Balaban J connectivity index is 1.87. The van der Waals surface area contributed by atoms with E-state index in [0.717, 1.165) is 18.4 Å². The maximum absolute atomic E-state index is 12.0. The number of ketones is 1. The van der Waals surface area contributed by atoms with E-state index in [1.54, 1.807) is 19.3 Å². The third-order valence-electron chi connectivity index (χ3n) is 4.17. The maximum atomic E-state index is 12.0. The number of hydrogen-bond acceptors (Lipinski definition) is 5. The van der Waals surface area contributed by atoms with Crippen LogP contribution in [0.4, 0.5) is 0 Å². The van der Waals surface area contributed by atoms with Crippen LogP contribution in [0.25, 0.3) is 0 Å². The van der Waals surface area contributed by atoms with Crippen LogP contribution in [0.2, 0.25) is 0 Å². The Bertz CT molecular complexity index is 574. The van der Waals surface area contributed by atoms with E-state index in [1.807, 2.05) is 12.1 Å². The summed E-state index contributed by atoms with van der Waals surface area (Å²) in [5.41, 5.74) is 0.761. The molecule has 0 aromatic heterocycles. The molecule has 0 saturated heterocycles. The van der Waals surface area contributed by atoms with Gasteiger partial charge in [0.15, 0.2) is 11.5 Å². The van der Waals surface area contributed by atoms with Gasteiger partial charge in [0.25, 0.3) is 6.29 Å². The summed E-state index contributed by atoms with van der Waals surface area (Å²) in [5, 5.41) is 9.53. The zero-order chi connectivity index (χ0) is 15.5. The Morgan fingerprint density at radius 1 is 1.23 bits per heavy atom. The zero-order valence-corrected chi connectivity index (χ0v) is 12.5. The summed E-state index contributed by atoms with van der Waals surface area (Å²) in [5.74, 6) is 0.397. The van der Waals surface area contributed by atoms with Crippen LogP contribution in [-0.2, 0) is 9.53 Å². The van der Waals surface area contributed by atoms with Gasteiger partial charge in [-0.1, -0.05) is 6.07 Å². The molecule has 1 aromatic carbocycles. The molecule has 0 bridgehead atoms. The zero-order valence-electron chi connectivity index (χ0n) is 12.5. The van der Waals surface area contributed by atoms with E-state index in [0.29, 0.717) is 11.5 Å². The summed E-state index contributed by atoms with van der Waals surface area (Å²) < 4.78 is 16.2. The quantitative estimate of drug-likeness (QED) is 0.926. The van der Waals surface area contributed by atoms with E-state index in [1.165, 1.54) is 19.1 Å². The number of allylic oxidation sites excluding steroid dienone is 1. The van der Waals surface area contributed by atoms with Crippen molar-refractivity contribution >= 4 is 5.78 Å². The molecule has 3 rings (SSSR count). The van der Waals surface area contributed by atoms with Crippen molar-refractivity contribution in [2.45, 2.75) is 44.0 Å². The van der Waals surface area contributed by atoms with Crippen molar-refractivity contribution in [3.8, 4) is 11.5 Å². The van der Waals surface area contributed by atoms with Crippen LogP contribution >= 0.6 is 0 Å². The molecule has 5 nitrogen and oxygen atoms in total. The molecular formula is C17H20O5. The van der Waals surface area contributed by atoms with Gasteiger partial charge in [-0.3, -0.25) is 4.79 Å². The minimum atomic E-state index is -1.41. The minimum absolute atomic E-state index is 0.204. The van der Waals surface area contributed by atoms with E-state index in [-0.39, 0.29) is 11.9 Å². The fourth-order valence-corrected chi connectivity index (χ4v) is 2.95. The van der Waals surface area contributed by atoms with Gasteiger partial charge in [0.1, 0.15) is 0 Å². The third kappa shape index (κ3) is 2.95. The Hall–Kier alpha value is -2.01. The molecule has 2 atom stereocenters. The number of ether oxygens (including phenoxy) is 3. The maximum Gasteiger partial charge on any atom is 0.257 e. The van der Waals surface area contributed by atoms with Gasteiger partial charge in [-0.2, -0.15) is 0 Å². The lowest BCUT2D eigenvalue weighted by Crippen LogP contribution is -2.30. The molecule has 1 heterocycles. The molecule has 1 aromatic rings. The molecule has 0 radical (unpaired) electrons. The van der Waals surface area contributed by atoms with Crippen LogP contribution in [0, 0.1) is 0 Å². The number of benzene rings is 1. The van der Waals surface area contributed by atoms with Gasteiger partial charge in [0.2, 0.25) is 5.78 Å². The molecule has 2 unspecified atom stereocenters. The lowest BCUT2D eigenvalue weighted by Gasteiger charge is -2.22. The first-order valence-electron chi connectivity index (χ1n) is 7.57. The molecule has 0 amide bonds. The largest absolute Gasteiger partial charge is 0.493 e. The normalized spacial score (nSPS) is 25.1. The molecule has 1 aliphatic heterocycles. The molecule has 1 fully saturated rings. The van der Waals surface area contributed by atoms with E-state index in [9.17, 15) is 9.90 Å². The number of Topliss-reactive ketones (excluding diaryl/α,β-unsaturated/α-hetero) is 1. The molecule has 0 spiro atoms. The highest BCUT2D eigenvalue weighted by atomic mass is 16.6. The van der Waals surface area contributed by atoms with Gasteiger partial charge in [-0.15, -0.1) is 0 Å². The van der Waals surface area contributed by atoms with Gasteiger partial charge in [-0.05, 0) is 49.5 Å². The lowest BCUT2D eigenvalue weighted by molar-refractivity contribution is -0.149. The van der Waals surface area contributed by atoms with Crippen molar-refractivity contribution in [2.75, 3.05) is 7.11 Å². The third-order valence-corrected chi connectivity index (χ3v) is 4.17. The molecule has 118 valence electrons. The summed E-state index contributed by atoms with van der Waals surface area (Å²) in [4.78, 5) is 12.0. The van der Waals surface area contributed by atoms with Gasteiger partial charge in [0.05, 0.1) is 25.4 Å². The highest BCUT2D eigenvalue weighted by Crippen LogP contribution is 2.35. The van der Waals surface area contributed by atoms with Crippen molar-refractivity contribution in [3.63, 3.8) is 0 Å². The average Bonchev–Trinajstić information content (AvgIpc) is 3.03. The second-order valence-corrected chi connectivity index (χ2v) is 5.63. The summed E-state index contributed by atoms with van der Waals surface area (Å²) in [7, 11) is 1.60. The molecule has 22 heavy (non-hydrogen) atoms. The second-order valence-electron chi connectivity index (χ2n) is 5.63. The number of carbonyl (C=O) groups is 1. The second kappa shape index (κ2) is 6.40. The van der Waals surface area contributed by atoms with Crippen molar-refractivity contribution in [3.05, 3.63) is 36.1 Å². The van der Waals surface area contributed by atoms with Crippen LogP contribution in [0.1, 0.15) is 37.2 Å². The number of carbonyl (C=O) groups excluding carboxylic acids is 1. The predicted molar refractivity (Wildman–Crippen MR) is 79.9 cm³/mol. The lowest BCUT2D eigenvalue weighted by atomic mass is 9.93. The smallest absolute Gasteiger partial charge is 0.257 e. The first-order valence-corrected chi connectivity index (χ1v) is 7.57. The molecule has 1 aliphatic carbocycles. The van der Waals surface area contributed by atoms with E-state index >= 15 is 0 Å². The van der Waals surface area contributed by atoms with Gasteiger partial charge in [-0.25, -0.2) is 0 Å². The fourth-order valence-electron chi connectivity index (χ4n) is 2.95. The van der Waals surface area contributed by atoms with Crippen molar-refractivity contribution in [1.29, 1.82) is 0 Å². The Labute approximate surface area is 129 Å². The predicted octanol–water partition coefficient (Wildman–Crippen LogP) is 2.53. The Kier molecular flexibility index (Phi) is 4.34. The minimum Gasteiger partial charge on any atom is -0.493 e. The highest BCUT2D eigenvalue weighted by Gasteiger charge is 2.30. The van der Waals surface area contributed by atoms with E-state index in [2.05, 4.69) is 0 Å². The van der Waals surface area contributed by atoms with Crippen LogP contribution in [0.5, 0.6) is 11.5 Å². The van der Waals surface area contributed by atoms with Crippen molar-refractivity contribution in [1.82, 2.24) is 0 Å². The van der Waals surface area contributed by atoms with Crippen LogP contribution in [0.3, 0.4) is 0 Å². The van der Waals surface area contributed by atoms with E-state index in [4.69, 9.17) is 14.2 Å². The number of aliphatic hydroxyl groups excluding tert-OH is 1. The number of aliphatic hydroxyl groups is 1. The fraction of sp³-hybridized carbons (Fsp3) is 0.471. The van der Waals surface area contributed by atoms with Gasteiger partial charge < -0.3 is 19.3 Å². The van der Waals surface area contributed by atoms with Crippen LogP contribution < -0.4 is 9.47 Å². The number of rotatable bonds is 4. The SMILES string of the molecule is COc1ccc(C2C=COC(O)C2=O)cc1OC1CCCC1. The molecular weight excluding hydrogens is 284 g/mol. The Morgan fingerprint density at radius 2 is 2.00 bits per heavy atom. The molecule has 1 saturated carbocycles. The first kappa shape index (κ1) is 14.9. The van der Waals surface area contributed by atoms with Crippen LogP contribution in [0.15, 0.2) is 30.5 Å². The molecule has 2 aliphatic rings. The van der Waals surface area contributed by atoms with Gasteiger partial charge in [0, 0.05) is 0 Å². The summed E-state index contributed by atoms with van der Waals surface area (Å²) in [6.07, 6.45) is 6.24. The first-order chi connectivity index (χ1) is 10.7. The summed E-state index contributed by atoms with van der Waals surface area (Å²) in [6.45, 7) is 0.